The summed E-state index contributed by atoms with van der Waals surface area (Å²) in [7, 11) is 1.48. The number of unbranched alkanes of at least 4 members (excludes halogenated alkanes) is 14. The van der Waals surface area contributed by atoms with Crippen LogP contribution in [0, 0.1) is 0 Å². The van der Waals surface area contributed by atoms with Crippen molar-refractivity contribution < 1.29 is 19.4 Å². The number of amides is 1. The summed E-state index contributed by atoms with van der Waals surface area (Å²) in [6, 6.07) is 0. The highest BCUT2D eigenvalue weighted by molar-refractivity contribution is 5.67. The number of nitrogens with one attached hydrogen (secondary N) is 1. The number of carbonyl (C=O) groups excluding carboxylic acids is 1. The fourth-order valence-corrected chi connectivity index (χ4v) is 3.10. The molecule has 5 heteroatoms. The summed E-state index contributed by atoms with van der Waals surface area (Å²) in [5.74, 6) is 0. The molecule has 27 heavy (non-hydrogen) atoms. The molecule has 0 aromatic heterocycles. The Hall–Kier alpha value is -0.810. The number of rotatable bonds is 20. The molecule has 0 heterocycles. The molecule has 0 aromatic carbocycles. The number of hydrogen-bond acceptors (Lipinski definition) is 4. The van der Waals surface area contributed by atoms with E-state index in [0.29, 0.717) is 6.54 Å². The maximum atomic E-state index is 11.5. The largest absolute Gasteiger partial charge is 0.447 e. The molecule has 1 atom stereocenters. The molecule has 0 radical (unpaired) electrons. The summed E-state index contributed by atoms with van der Waals surface area (Å²) in [4.78, 5) is 11.5. The van der Waals surface area contributed by atoms with Crippen LogP contribution in [-0.4, -0.2) is 44.2 Å². The Labute approximate surface area is 167 Å². The van der Waals surface area contributed by atoms with Crippen LogP contribution in [0.3, 0.4) is 0 Å². The number of aliphatic hydroxyl groups excluding tert-OH is 1. The third-order valence-electron chi connectivity index (χ3n) is 4.99. The van der Waals surface area contributed by atoms with Crippen molar-refractivity contribution in [2.45, 2.75) is 109 Å². The molecule has 0 aromatic rings. The lowest BCUT2D eigenvalue weighted by molar-refractivity contribution is 0.00177. The van der Waals surface area contributed by atoms with Gasteiger partial charge in [-0.25, -0.2) is 4.79 Å². The topological polar surface area (TPSA) is 67.8 Å². The molecule has 0 aliphatic heterocycles. The molecule has 1 amide bonds. The van der Waals surface area contributed by atoms with Gasteiger partial charge in [-0.1, -0.05) is 96.8 Å². The second-order valence-corrected chi connectivity index (χ2v) is 7.52. The standard InChI is InChI=1S/C22H45NO4/c1-3-4-5-6-7-8-9-10-11-12-13-14-15-16-17-18-23-22(25)27-20-21(19-24)26-2/h21,24H,3-20H2,1-2H3,(H,23,25). The number of hydrogen-bond donors (Lipinski definition) is 2. The Bertz CT molecular complexity index is 309. The number of aliphatic hydroxyl groups is 1. The maximum absolute atomic E-state index is 11.5. The maximum Gasteiger partial charge on any atom is 0.407 e. The predicted molar refractivity (Wildman–Crippen MR) is 112 cm³/mol. The number of carbonyl (C=O) groups is 1. The summed E-state index contributed by atoms with van der Waals surface area (Å²) in [5.41, 5.74) is 0. The zero-order chi connectivity index (χ0) is 20.0. The Morgan fingerprint density at radius 3 is 1.67 bits per heavy atom. The van der Waals surface area contributed by atoms with E-state index in [-0.39, 0.29) is 13.2 Å². The fraction of sp³-hybridized carbons (Fsp3) is 0.955. The normalized spacial score (nSPS) is 12.1. The third kappa shape index (κ3) is 19.7. The van der Waals surface area contributed by atoms with Crippen LogP contribution in [0.25, 0.3) is 0 Å². The van der Waals surface area contributed by atoms with E-state index in [4.69, 9.17) is 14.6 Å². The molecule has 0 aliphatic carbocycles. The number of methoxy groups -OCH3 is 1. The lowest BCUT2D eigenvalue weighted by atomic mass is 10.0. The average Bonchev–Trinajstić information content (AvgIpc) is 2.68. The minimum Gasteiger partial charge on any atom is -0.447 e. The molecule has 162 valence electrons. The highest BCUT2D eigenvalue weighted by atomic mass is 16.6. The Morgan fingerprint density at radius 1 is 0.815 bits per heavy atom. The highest BCUT2D eigenvalue weighted by Gasteiger charge is 2.09. The van der Waals surface area contributed by atoms with Gasteiger partial charge >= 0.3 is 6.09 Å². The van der Waals surface area contributed by atoms with E-state index in [1.54, 1.807) is 0 Å². The van der Waals surface area contributed by atoms with Crippen molar-refractivity contribution >= 4 is 6.09 Å². The molecule has 0 aliphatic rings. The second-order valence-electron chi connectivity index (χ2n) is 7.52. The van der Waals surface area contributed by atoms with Crippen LogP contribution in [0.4, 0.5) is 4.79 Å². The van der Waals surface area contributed by atoms with E-state index in [1.807, 2.05) is 0 Å². The third-order valence-corrected chi connectivity index (χ3v) is 4.99. The van der Waals surface area contributed by atoms with E-state index >= 15 is 0 Å². The number of ether oxygens (including phenoxy) is 2. The van der Waals surface area contributed by atoms with Crippen molar-refractivity contribution in [3.05, 3.63) is 0 Å². The average molecular weight is 388 g/mol. The monoisotopic (exact) mass is 387 g/mol. The zero-order valence-electron chi connectivity index (χ0n) is 18.0. The summed E-state index contributed by atoms with van der Waals surface area (Å²) in [6.07, 6.45) is 19.1. The van der Waals surface area contributed by atoms with Gasteiger partial charge in [0, 0.05) is 13.7 Å². The van der Waals surface area contributed by atoms with Crippen LogP contribution >= 0.6 is 0 Å². The predicted octanol–water partition coefficient (Wildman–Crippen LogP) is 5.59. The van der Waals surface area contributed by atoms with Crippen molar-refractivity contribution in [2.75, 3.05) is 26.9 Å². The van der Waals surface area contributed by atoms with Gasteiger partial charge in [-0.15, -0.1) is 0 Å². The Kier molecular flexibility index (Phi) is 20.8. The van der Waals surface area contributed by atoms with Gasteiger partial charge in [-0.3, -0.25) is 0 Å². The van der Waals surface area contributed by atoms with Crippen LogP contribution in [0.15, 0.2) is 0 Å². The van der Waals surface area contributed by atoms with Crippen LogP contribution in [-0.2, 0) is 9.47 Å². The fourth-order valence-electron chi connectivity index (χ4n) is 3.10. The van der Waals surface area contributed by atoms with Crippen LogP contribution in [0.2, 0.25) is 0 Å². The molecule has 5 nitrogen and oxygen atoms in total. The van der Waals surface area contributed by atoms with Crippen molar-refractivity contribution in [3.8, 4) is 0 Å². The molecule has 0 rings (SSSR count). The minimum absolute atomic E-state index is 0.0810. The van der Waals surface area contributed by atoms with Crippen LogP contribution in [0.1, 0.15) is 103 Å². The molecular weight excluding hydrogens is 342 g/mol. The van der Waals surface area contributed by atoms with E-state index in [1.165, 1.54) is 90.6 Å². The first-order valence-electron chi connectivity index (χ1n) is 11.3. The first-order chi connectivity index (χ1) is 13.2. The molecular formula is C22H45NO4. The van der Waals surface area contributed by atoms with Gasteiger partial charge in [0.05, 0.1) is 6.61 Å². The van der Waals surface area contributed by atoms with Gasteiger partial charge in [0.15, 0.2) is 0 Å². The van der Waals surface area contributed by atoms with Gasteiger partial charge in [0.25, 0.3) is 0 Å². The van der Waals surface area contributed by atoms with E-state index in [2.05, 4.69) is 12.2 Å². The first-order valence-corrected chi connectivity index (χ1v) is 11.3. The van der Waals surface area contributed by atoms with Crippen molar-refractivity contribution in [1.82, 2.24) is 5.32 Å². The van der Waals surface area contributed by atoms with Crippen molar-refractivity contribution in [2.24, 2.45) is 0 Å². The molecule has 0 bridgehead atoms. The van der Waals surface area contributed by atoms with Crippen LogP contribution < -0.4 is 5.32 Å². The van der Waals surface area contributed by atoms with E-state index in [0.717, 1.165) is 12.8 Å². The molecule has 0 spiro atoms. The van der Waals surface area contributed by atoms with Gasteiger partial charge in [0.2, 0.25) is 0 Å². The lowest BCUT2D eigenvalue weighted by Gasteiger charge is -2.12. The number of alkyl carbamates (subject to hydrolysis) is 1. The van der Waals surface area contributed by atoms with Gasteiger partial charge < -0.3 is 19.9 Å². The quantitative estimate of drug-likeness (QED) is 0.267. The van der Waals surface area contributed by atoms with Gasteiger partial charge in [-0.05, 0) is 6.42 Å². The van der Waals surface area contributed by atoms with Crippen molar-refractivity contribution in [1.29, 1.82) is 0 Å². The SMILES string of the molecule is CCCCCCCCCCCCCCCCCNC(=O)OCC(CO)OC. The summed E-state index contributed by atoms with van der Waals surface area (Å²) >= 11 is 0. The molecule has 0 saturated carbocycles. The molecule has 0 saturated heterocycles. The van der Waals surface area contributed by atoms with Gasteiger partial charge in [-0.2, -0.15) is 0 Å². The van der Waals surface area contributed by atoms with Crippen molar-refractivity contribution in [3.63, 3.8) is 0 Å². The molecule has 1 unspecified atom stereocenters. The summed E-state index contributed by atoms with van der Waals surface area (Å²) in [6.45, 7) is 2.85. The van der Waals surface area contributed by atoms with Gasteiger partial charge in [0.1, 0.15) is 12.7 Å². The zero-order valence-corrected chi connectivity index (χ0v) is 18.0. The second kappa shape index (κ2) is 21.5. The lowest BCUT2D eigenvalue weighted by Crippen LogP contribution is -2.30. The Balaban J connectivity index is 3.17. The van der Waals surface area contributed by atoms with Crippen LogP contribution in [0.5, 0.6) is 0 Å². The summed E-state index contributed by atoms with van der Waals surface area (Å²) in [5, 5.41) is 11.7. The van der Waals surface area contributed by atoms with E-state index in [9.17, 15) is 4.79 Å². The molecule has 0 fully saturated rings. The smallest absolute Gasteiger partial charge is 0.407 e. The molecule has 2 N–H and O–H groups in total. The highest BCUT2D eigenvalue weighted by Crippen LogP contribution is 2.13. The Morgan fingerprint density at radius 2 is 1.26 bits per heavy atom. The summed E-state index contributed by atoms with van der Waals surface area (Å²) < 4.78 is 9.90. The van der Waals surface area contributed by atoms with E-state index < -0.39 is 12.2 Å². The minimum atomic E-state index is -0.443. The first kappa shape index (κ1) is 26.2.